The van der Waals surface area contributed by atoms with E-state index in [9.17, 15) is 9.59 Å². The molecule has 1 aromatic rings. The van der Waals surface area contributed by atoms with Crippen molar-refractivity contribution in [3.05, 3.63) is 27.4 Å². The summed E-state index contributed by atoms with van der Waals surface area (Å²) >= 11 is 4.81. The van der Waals surface area contributed by atoms with Crippen molar-refractivity contribution >= 4 is 18.2 Å². The Morgan fingerprint density at radius 2 is 2.46 bits per heavy atom. The maximum absolute atomic E-state index is 11.2. The normalized spacial score (nSPS) is 9.62. The van der Waals surface area contributed by atoms with Crippen LogP contribution in [-0.4, -0.2) is 22.6 Å². The van der Waals surface area contributed by atoms with E-state index < -0.39 is 5.97 Å². The fourth-order valence-electron chi connectivity index (χ4n) is 0.796. The Kier molecular flexibility index (Phi) is 2.97. The van der Waals surface area contributed by atoms with Crippen LogP contribution in [0.25, 0.3) is 0 Å². The molecule has 0 spiro atoms. The molecule has 1 heterocycles. The molecule has 1 aromatic heterocycles. The molecule has 0 bridgehead atoms. The highest BCUT2D eigenvalue weighted by molar-refractivity contribution is 7.71. The molecule has 0 unspecified atom stereocenters. The van der Waals surface area contributed by atoms with Gasteiger partial charge in [-0.05, 0) is 12.2 Å². The number of nitrogens with zero attached hydrogens (tertiary/aromatic N) is 1. The van der Waals surface area contributed by atoms with E-state index in [1.807, 2.05) is 0 Å². The summed E-state index contributed by atoms with van der Waals surface area (Å²) in [5.41, 5.74) is -0.325. The first-order valence-electron chi connectivity index (χ1n) is 3.50. The fourth-order valence-corrected chi connectivity index (χ4v) is 1.02. The molecule has 0 aromatic carbocycles. The molecule has 0 fully saturated rings. The first kappa shape index (κ1) is 9.66. The third-order valence-electron chi connectivity index (χ3n) is 1.46. The molecule has 0 radical (unpaired) electrons. The van der Waals surface area contributed by atoms with Crippen LogP contribution in [0.15, 0.2) is 17.1 Å². The number of rotatable bonds is 2. The van der Waals surface area contributed by atoms with Crippen LogP contribution < -0.4 is 5.56 Å². The lowest BCUT2D eigenvalue weighted by atomic mass is 10.6. The number of esters is 1. The van der Waals surface area contributed by atoms with Gasteiger partial charge in [0.05, 0.1) is 7.11 Å². The summed E-state index contributed by atoms with van der Waals surface area (Å²) in [5, 5.41) is 0. The van der Waals surface area contributed by atoms with Crippen LogP contribution in [0.3, 0.4) is 0 Å². The number of H-pyrrole nitrogens is 1. The second kappa shape index (κ2) is 3.99. The van der Waals surface area contributed by atoms with E-state index in [1.165, 1.54) is 19.4 Å². The second-order valence-corrected chi connectivity index (χ2v) is 2.67. The molecule has 0 saturated heterocycles. The van der Waals surface area contributed by atoms with Gasteiger partial charge in [0.2, 0.25) is 0 Å². The minimum Gasteiger partial charge on any atom is -0.468 e. The zero-order valence-corrected chi connectivity index (χ0v) is 7.76. The van der Waals surface area contributed by atoms with Crippen LogP contribution in [0, 0.1) is 4.77 Å². The van der Waals surface area contributed by atoms with E-state index >= 15 is 0 Å². The summed E-state index contributed by atoms with van der Waals surface area (Å²) in [6.45, 7) is -0.161. The van der Waals surface area contributed by atoms with Gasteiger partial charge in [-0.25, -0.2) is 0 Å². The molecular formula is C7H8N2O3S. The average molecular weight is 200 g/mol. The number of carbonyl (C=O) groups is 1. The predicted molar refractivity (Wildman–Crippen MR) is 47.9 cm³/mol. The molecule has 1 rings (SSSR count). The summed E-state index contributed by atoms with van der Waals surface area (Å²) in [7, 11) is 1.25. The monoisotopic (exact) mass is 200 g/mol. The van der Waals surface area contributed by atoms with Crippen LogP contribution in [0.5, 0.6) is 0 Å². The molecule has 0 saturated carbocycles. The van der Waals surface area contributed by atoms with Crippen LogP contribution in [-0.2, 0) is 16.1 Å². The van der Waals surface area contributed by atoms with E-state index in [0.717, 1.165) is 4.57 Å². The van der Waals surface area contributed by atoms with Gasteiger partial charge in [0.1, 0.15) is 6.54 Å². The van der Waals surface area contributed by atoms with Gasteiger partial charge in [-0.2, -0.15) is 0 Å². The summed E-state index contributed by atoms with van der Waals surface area (Å²) in [4.78, 5) is 24.6. The van der Waals surface area contributed by atoms with Crippen LogP contribution in [0.2, 0.25) is 0 Å². The van der Waals surface area contributed by atoms with Crippen molar-refractivity contribution in [1.29, 1.82) is 0 Å². The van der Waals surface area contributed by atoms with Gasteiger partial charge < -0.3 is 9.72 Å². The summed E-state index contributed by atoms with van der Waals surface area (Å²) < 4.78 is 5.74. The van der Waals surface area contributed by atoms with Crippen molar-refractivity contribution in [2.24, 2.45) is 0 Å². The number of aromatic amines is 1. The van der Waals surface area contributed by atoms with E-state index in [4.69, 9.17) is 12.2 Å². The Labute approximate surface area is 79.0 Å². The van der Waals surface area contributed by atoms with Crippen molar-refractivity contribution < 1.29 is 9.53 Å². The zero-order valence-electron chi connectivity index (χ0n) is 6.94. The van der Waals surface area contributed by atoms with Crippen molar-refractivity contribution in [2.45, 2.75) is 6.54 Å². The second-order valence-electron chi connectivity index (χ2n) is 2.28. The highest BCUT2D eigenvalue weighted by atomic mass is 32.1. The molecule has 13 heavy (non-hydrogen) atoms. The molecule has 5 nitrogen and oxygen atoms in total. The molecule has 6 heteroatoms. The molecule has 0 aliphatic heterocycles. The van der Waals surface area contributed by atoms with Crippen molar-refractivity contribution in [2.75, 3.05) is 7.11 Å². The number of hydrogen-bond donors (Lipinski definition) is 1. The lowest BCUT2D eigenvalue weighted by Gasteiger charge is -2.02. The van der Waals surface area contributed by atoms with E-state index in [0.29, 0.717) is 0 Å². The first-order valence-corrected chi connectivity index (χ1v) is 3.91. The van der Waals surface area contributed by atoms with Crippen molar-refractivity contribution in [3.63, 3.8) is 0 Å². The highest BCUT2D eigenvalue weighted by Gasteiger charge is 2.04. The number of ether oxygens (including phenoxy) is 1. The van der Waals surface area contributed by atoms with Crippen molar-refractivity contribution in [1.82, 2.24) is 9.55 Å². The molecule has 0 aliphatic carbocycles. The largest absolute Gasteiger partial charge is 0.468 e. The highest BCUT2D eigenvalue weighted by Crippen LogP contribution is 1.85. The Balaban J connectivity index is 3.08. The summed E-state index contributed by atoms with van der Waals surface area (Å²) in [6, 6.07) is 1.29. The van der Waals surface area contributed by atoms with Gasteiger partial charge >= 0.3 is 5.97 Å². The maximum Gasteiger partial charge on any atom is 0.325 e. The van der Waals surface area contributed by atoms with Gasteiger partial charge in [-0.3, -0.25) is 14.2 Å². The van der Waals surface area contributed by atoms with Gasteiger partial charge in [0.25, 0.3) is 5.56 Å². The standard InChI is InChI=1S/C7H8N2O3S/c1-12-6(11)4-9-5(10)2-3-8-7(9)13/h2-3H,4H2,1H3,(H,8,13). The molecule has 0 amide bonds. The quantitative estimate of drug-likeness (QED) is 0.542. The van der Waals surface area contributed by atoms with E-state index in [-0.39, 0.29) is 16.9 Å². The molecule has 70 valence electrons. The third-order valence-corrected chi connectivity index (χ3v) is 1.80. The third kappa shape index (κ3) is 2.25. The molecular weight excluding hydrogens is 192 g/mol. The Morgan fingerprint density at radius 3 is 3.00 bits per heavy atom. The molecule has 0 atom stereocenters. The van der Waals surface area contributed by atoms with Gasteiger partial charge in [-0.1, -0.05) is 0 Å². The van der Waals surface area contributed by atoms with Gasteiger partial charge in [0, 0.05) is 12.3 Å². The van der Waals surface area contributed by atoms with Crippen LogP contribution in [0.1, 0.15) is 0 Å². The minimum atomic E-state index is -0.507. The average Bonchev–Trinajstić information content (AvgIpc) is 2.11. The molecule has 1 N–H and O–H groups in total. The Morgan fingerprint density at radius 1 is 1.77 bits per heavy atom. The number of hydrogen-bond acceptors (Lipinski definition) is 4. The van der Waals surface area contributed by atoms with Gasteiger partial charge in [0.15, 0.2) is 4.77 Å². The van der Waals surface area contributed by atoms with Gasteiger partial charge in [-0.15, -0.1) is 0 Å². The number of carbonyl (C=O) groups excluding carboxylic acids is 1. The maximum atomic E-state index is 11.2. The Hall–Kier alpha value is -1.43. The lowest BCUT2D eigenvalue weighted by Crippen LogP contribution is -2.25. The minimum absolute atomic E-state index is 0.161. The summed E-state index contributed by atoms with van der Waals surface area (Å²) in [5.74, 6) is -0.507. The topological polar surface area (TPSA) is 64.1 Å². The lowest BCUT2D eigenvalue weighted by molar-refractivity contribution is -0.141. The van der Waals surface area contributed by atoms with Crippen LogP contribution >= 0.6 is 12.2 Å². The van der Waals surface area contributed by atoms with E-state index in [1.54, 1.807) is 0 Å². The SMILES string of the molecule is COC(=O)Cn1c(=O)cc[nH]c1=S. The predicted octanol–water partition coefficient (Wildman–Crippen LogP) is 0.0789. The summed E-state index contributed by atoms with van der Waals surface area (Å²) in [6.07, 6.45) is 1.43. The first-order chi connectivity index (χ1) is 6.15. The smallest absolute Gasteiger partial charge is 0.325 e. The van der Waals surface area contributed by atoms with Crippen LogP contribution in [0.4, 0.5) is 0 Å². The molecule has 0 aliphatic rings. The van der Waals surface area contributed by atoms with E-state index in [2.05, 4.69) is 9.72 Å². The number of methoxy groups -OCH3 is 1. The fraction of sp³-hybridized carbons (Fsp3) is 0.286. The zero-order chi connectivity index (χ0) is 9.84. The number of aromatic nitrogens is 2. The Bertz CT molecular complexity index is 392. The van der Waals surface area contributed by atoms with Crippen molar-refractivity contribution in [3.8, 4) is 0 Å². The number of nitrogens with one attached hydrogen (secondary N) is 1.